The number of aromatic amines is 1. The number of ether oxygens (including phenoxy) is 2. The molecule has 1 aromatic carbocycles. The molecule has 0 radical (unpaired) electrons. The van der Waals surface area contributed by atoms with Crippen LogP contribution in [0.3, 0.4) is 0 Å². The molecule has 7 heteroatoms. The van der Waals surface area contributed by atoms with Crippen LogP contribution in [-0.2, 0) is 16.8 Å². The molecule has 2 aromatic rings. The second-order valence-electron chi connectivity index (χ2n) is 7.40. The van der Waals surface area contributed by atoms with Gasteiger partial charge in [-0.1, -0.05) is 6.07 Å². The number of hydrogen-bond donors (Lipinski definition) is 2. The number of nitrogens with zero attached hydrogens (tertiary/aromatic N) is 2. The highest BCUT2D eigenvalue weighted by Crippen LogP contribution is 2.32. The Kier molecular flexibility index (Phi) is 5.09. The van der Waals surface area contributed by atoms with Crippen molar-refractivity contribution in [3.8, 4) is 11.5 Å². The standard InChI is InChI=1S/C21H26N4O3/c1-27-17-5-3-15(13-18(17)28-2)4-6-19(26)25-11-8-21(9-12-25)20-16(7-10-24-21)22-14-23-20/h3-6,13-14,24H,7-12H2,1-2H3,(H,22,23)/p+1/b6-4+. The van der Waals surface area contributed by atoms with Crippen molar-refractivity contribution in [2.45, 2.75) is 24.8 Å². The molecule has 0 atom stereocenters. The molecule has 3 N–H and O–H groups in total. The Balaban J connectivity index is 1.41. The summed E-state index contributed by atoms with van der Waals surface area (Å²) in [4.78, 5) is 22.5. The van der Waals surface area contributed by atoms with Gasteiger partial charge >= 0.3 is 0 Å². The first-order valence-electron chi connectivity index (χ1n) is 9.71. The third kappa shape index (κ3) is 3.38. The van der Waals surface area contributed by atoms with Crippen LogP contribution in [0.4, 0.5) is 0 Å². The summed E-state index contributed by atoms with van der Waals surface area (Å²) in [5.74, 6) is 1.37. The van der Waals surface area contributed by atoms with E-state index in [-0.39, 0.29) is 11.4 Å². The Labute approximate surface area is 164 Å². The number of benzene rings is 1. The lowest BCUT2D eigenvalue weighted by atomic mass is 9.80. The van der Waals surface area contributed by atoms with Crippen LogP contribution in [0.5, 0.6) is 11.5 Å². The number of rotatable bonds is 4. The summed E-state index contributed by atoms with van der Waals surface area (Å²) in [6, 6.07) is 5.62. The Morgan fingerprint density at radius 1 is 1.25 bits per heavy atom. The highest BCUT2D eigenvalue weighted by atomic mass is 16.5. The lowest BCUT2D eigenvalue weighted by Gasteiger charge is -2.40. The van der Waals surface area contributed by atoms with E-state index >= 15 is 0 Å². The zero-order chi connectivity index (χ0) is 19.6. The van der Waals surface area contributed by atoms with Gasteiger partial charge in [-0.3, -0.25) is 4.79 Å². The van der Waals surface area contributed by atoms with Crippen molar-refractivity contribution in [1.29, 1.82) is 0 Å². The van der Waals surface area contributed by atoms with Crippen molar-refractivity contribution in [3.63, 3.8) is 0 Å². The number of amides is 1. The number of aromatic nitrogens is 2. The molecule has 4 rings (SSSR count). The molecular formula is C21H27N4O3+. The van der Waals surface area contributed by atoms with E-state index in [2.05, 4.69) is 15.3 Å². The number of imidazole rings is 1. The van der Waals surface area contributed by atoms with Gasteiger partial charge in [0.2, 0.25) is 5.91 Å². The van der Waals surface area contributed by atoms with Crippen molar-refractivity contribution in [1.82, 2.24) is 14.9 Å². The number of H-pyrrole nitrogens is 1. The van der Waals surface area contributed by atoms with Crippen LogP contribution in [0.25, 0.3) is 6.08 Å². The van der Waals surface area contributed by atoms with Gasteiger partial charge in [0, 0.05) is 44.1 Å². The van der Waals surface area contributed by atoms with Crippen molar-refractivity contribution in [2.24, 2.45) is 0 Å². The van der Waals surface area contributed by atoms with Crippen LogP contribution < -0.4 is 14.8 Å². The second kappa shape index (κ2) is 7.67. The van der Waals surface area contributed by atoms with Gasteiger partial charge in [0.15, 0.2) is 11.5 Å². The van der Waals surface area contributed by atoms with Crippen molar-refractivity contribution in [2.75, 3.05) is 33.9 Å². The molecular weight excluding hydrogens is 356 g/mol. The van der Waals surface area contributed by atoms with Crippen molar-refractivity contribution < 1.29 is 19.6 Å². The van der Waals surface area contributed by atoms with Crippen molar-refractivity contribution in [3.05, 3.63) is 47.6 Å². The molecule has 0 unspecified atom stereocenters. The summed E-state index contributed by atoms with van der Waals surface area (Å²) in [6.45, 7) is 2.57. The lowest BCUT2D eigenvalue weighted by molar-refractivity contribution is -0.743. The number of quaternary nitrogens is 1. The van der Waals surface area contributed by atoms with E-state index < -0.39 is 0 Å². The number of nitrogens with two attached hydrogens (primary N) is 1. The van der Waals surface area contributed by atoms with Gasteiger partial charge in [-0.15, -0.1) is 0 Å². The molecule has 7 nitrogen and oxygen atoms in total. The molecule has 2 aliphatic heterocycles. The van der Waals surface area contributed by atoms with E-state index in [1.54, 1.807) is 26.6 Å². The van der Waals surface area contributed by atoms with E-state index in [4.69, 9.17) is 9.47 Å². The fraction of sp³-hybridized carbons (Fsp3) is 0.429. The SMILES string of the molecule is COc1ccc(/C=C/C(=O)N2CCC3(CC2)[NH2+]CCc2[nH]cnc23)cc1OC. The summed E-state index contributed by atoms with van der Waals surface area (Å²) in [5.41, 5.74) is 3.38. The molecule has 2 aliphatic rings. The maximum absolute atomic E-state index is 12.7. The number of methoxy groups -OCH3 is 2. The second-order valence-corrected chi connectivity index (χ2v) is 7.40. The fourth-order valence-electron chi connectivity index (χ4n) is 4.33. The Hall–Kier alpha value is -2.80. The summed E-state index contributed by atoms with van der Waals surface area (Å²) < 4.78 is 10.6. The number of carbonyl (C=O) groups excluding carboxylic acids is 1. The smallest absolute Gasteiger partial charge is 0.246 e. The number of nitrogens with one attached hydrogen (secondary N) is 1. The normalized spacial score (nSPS) is 18.3. The molecule has 0 saturated carbocycles. The Morgan fingerprint density at radius 3 is 2.79 bits per heavy atom. The van der Waals surface area contributed by atoms with Gasteiger partial charge in [0.25, 0.3) is 0 Å². The third-order valence-corrected chi connectivity index (χ3v) is 5.91. The minimum Gasteiger partial charge on any atom is -0.493 e. The van der Waals surface area contributed by atoms with E-state index in [0.29, 0.717) is 11.5 Å². The molecule has 28 heavy (non-hydrogen) atoms. The van der Waals surface area contributed by atoms with Crippen LogP contribution in [-0.4, -0.2) is 54.6 Å². The molecule has 1 spiro atoms. The number of hydrogen-bond acceptors (Lipinski definition) is 4. The molecule has 1 aromatic heterocycles. The molecule has 1 amide bonds. The summed E-state index contributed by atoms with van der Waals surface area (Å²) in [6.07, 6.45) is 8.17. The number of fused-ring (bicyclic) bond motifs is 2. The quantitative estimate of drug-likeness (QED) is 0.774. The van der Waals surface area contributed by atoms with Gasteiger partial charge in [0.05, 0.1) is 27.1 Å². The van der Waals surface area contributed by atoms with Crippen molar-refractivity contribution >= 4 is 12.0 Å². The van der Waals surface area contributed by atoms with Gasteiger partial charge in [-0.25, -0.2) is 4.98 Å². The number of piperidine rings is 1. The fourth-order valence-corrected chi connectivity index (χ4v) is 4.33. The summed E-state index contributed by atoms with van der Waals surface area (Å²) in [5, 5.41) is 2.41. The van der Waals surface area contributed by atoms with Gasteiger partial charge in [0.1, 0.15) is 11.2 Å². The van der Waals surface area contributed by atoms with E-state index in [1.807, 2.05) is 29.2 Å². The highest BCUT2D eigenvalue weighted by molar-refractivity contribution is 5.92. The predicted octanol–water partition coefficient (Wildman–Crippen LogP) is 1.08. The first kappa shape index (κ1) is 18.6. The van der Waals surface area contributed by atoms with E-state index in [0.717, 1.165) is 44.5 Å². The third-order valence-electron chi connectivity index (χ3n) is 5.91. The Bertz CT molecular complexity index is 882. The zero-order valence-electron chi connectivity index (χ0n) is 16.4. The molecule has 148 valence electrons. The minimum absolute atomic E-state index is 0.0252. The monoisotopic (exact) mass is 383 g/mol. The highest BCUT2D eigenvalue weighted by Gasteiger charge is 2.45. The molecule has 0 bridgehead atoms. The van der Waals surface area contributed by atoms with Gasteiger partial charge < -0.3 is 24.7 Å². The minimum atomic E-state index is 0.0252. The molecule has 1 saturated heterocycles. The maximum atomic E-state index is 12.7. The first-order valence-corrected chi connectivity index (χ1v) is 9.71. The van der Waals surface area contributed by atoms with Crippen LogP contribution in [0, 0.1) is 0 Å². The average Bonchev–Trinajstić information content (AvgIpc) is 3.23. The van der Waals surface area contributed by atoms with E-state index in [1.165, 1.54) is 11.4 Å². The van der Waals surface area contributed by atoms with Crippen LogP contribution in [0.2, 0.25) is 0 Å². The lowest BCUT2D eigenvalue weighted by Crippen LogP contribution is -2.97. The van der Waals surface area contributed by atoms with Crippen LogP contribution >= 0.6 is 0 Å². The van der Waals surface area contributed by atoms with Gasteiger partial charge in [-0.05, 0) is 23.8 Å². The summed E-state index contributed by atoms with van der Waals surface area (Å²) in [7, 11) is 3.21. The maximum Gasteiger partial charge on any atom is 0.246 e. The average molecular weight is 383 g/mol. The van der Waals surface area contributed by atoms with E-state index in [9.17, 15) is 4.79 Å². The Morgan fingerprint density at radius 2 is 2.04 bits per heavy atom. The zero-order valence-corrected chi connectivity index (χ0v) is 16.4. The summed E-state index contributed by atoms with van der Waals surface area (Å²) >= 11 is 0. The largest absolute Gasteiger partial charge is 0.493 e. The molecule has 3 heterocycles. The predicted molar refractivity (Wildman–Crippen MR) is 105 cm³/mol. The van der Waals surface area contributed by atoms with Crippen LogP contribution in [0.1, 0.15) is 29.8 Å². The number of likely N-dealkylation sites (tertiary alicyclic amines) is 1. The molecule has 1 fully saturated rings. The van der Waals surface area contributed by atoms with Crippen LogP contribution in [0.15, 0.2) is 30.6 Å². The topological polar surface area (TPSA) is 84.1 Å². The first-order chi connectivity index (χ1) is 13.6. The molecule has 0 aliphatic carbocycles. The number of carbonyl (C=O) groups is 1. The van der Waals surface area contributed by atoms with Gasteiger partial charge in [-0.2, -0.15) is 0 Å².